The third-order valence-corrected chi connectivity index (χ3v) is 3.27. The van der Waals surface area contributed by atoms with E-state index in [0.29, 0.717) is 11.5 Å². The van der Waals surface area contributed by atoms with Crippen LogP contribution in [-0.4, -0.2) is 35.6 Å². The number of hydrogen-bond donors (Lipinski definition) is 1. The number of pyridine rings is 1. The zero-order chi connectivity index (χ0) is 12.3. The van der Waals surface area contributed by atoms with Crippen molar-refractivity contribution < 1.29 is 0 Å². The summed E-state index contributed by atoms with van der Waals surface area (Å²) in [6.45, 7) is 11.3. The standard InChI is InChI=1S/C14H23N3/c1-12-8-17(11-14(2,3)10-16-12)9-13-4-6-15-7-5-13/h4-7,12,16H,8-11H2,1-3H3. The van der Waals surface area contributed by atoms with Crippen LogP contribution >= 0.6 is 0 Å². The van der Waals surface area contributed by atoms with Crippen LogP contribution < -0.4 is 5.32 Å². The van der Waals surface area contributed by atoms with E-state index >= 15 is 0 Å². The second kappa shape index (κ2) is 5.15. The molecule has 1 atom stereocenters. The normalized spacial score (nSPS) is 25.5. The molecular formula is C14H23N3. The quantitative estimate of drug-likeness (QED) is 0.845. The van der Waals surface area contributed by atoms with E-state index in [1.807, 2.05) is 12.4 Å². The van der Waals surface area contributed by atoms with Crippen molar-refractivity contribution in [3.05, 3.63) is 30.1 Å². The first-order valence-electron chi connectivity index (χ1n) is 6.40. The molecule has 1 aromatic heterocycles. The first-order chi connectivity index (χ1) is 8.05. The molecule has 0 aromatic carbocycles. The summed E-state index contributed by atoms with van der Waals surface area (Å²) in [5.41, 5.74) is 1.70. The van der Waals surface area contributed by atoms with Gasteiger partial charge in [-0.25, -0.2) is 0 Å². The van der Waals surface area contributed by atoms with Crippen LogP contribution in [-0.2, 0) is 6.54 Å². The molecule has 0 saturated carbocycles. The average molecular weight is 233 g/mol. The number of rotatable bonds is 2. The predicted octanol–water partition coefficient (Wildman–Crippen LogP) is 1.90. The fraction of sp³-hybridized carbons (Fsp3) is 0.643. The fourth-order valence-electron chi connectivity index (χ4n) is 2.49. The minimum Gasteiger partial charge on any atom is -0.312 e. The predicted molar refractivity (Wildman–Crippen MR) is 70.8 cm³/mol. The van der Waals surface area contributed by atoms with E-state index < -0.39 is 0 Å². The zero-order valence-corrected chi connectivity index (χ0v) is 11.1. The van der Waals surface area contributed by atoms with Crippen LogP contribution in [0.2, 0.25) is 0 Å². The molecule has 2 heterocycles. The molecule has 1 fully saturated rings. The Labute approximate surface area is 104 Å². The van der Waals surface area contributed by atoms with Crippen LogP contribution in [0.5, 0.6) is 0 Å². The van der Waals surface area contributed by atoms with E-state index in [2.05, 4.69) is 48.1 Å². The van der Waals surface area contributed by atoms with Crippen molar-refractivity contribution in [2.45, 2.75) is 33.4 Å². The minimum absolute atomic E-state index is 0.345. The van der Waals surface area contributed by atoms with Crippen LogP contribution in [0.15, 0.2) is 24.5 Å². The summed E-state index contributed by atoms with van der Waals surface area (Å²) in [6, 6.07) is 4.78. The van der Waals surface area contributed by atoms with Crippen LogP contribution in [0.25, 0.3) is 0 Å². The van der Waals surface area contributed by atoms with Gasteiger partial charge in [-0.05, 0) is 30.0 Å². The molecule has 94 valence electrons. The third kappa shape index (κ3) is 3.79. The zero-order valence-electron chi connectivity index (χ0n) is 11.1. The lowest BCUT2D eigenvalue weighted by molar-refractivity contribution is 0.195. The molecule has 1 aliphatic rings. The maximum atomic E-state index is 4.07. The van der Waals surface area contributed by atoms with Crippen LogP contribution in [0.1, 0.15) is 26.3 Å². The van der Waals surface area contributed by atoms with Crippen molar-refractivity contribution in [1.29, 1.82) is 0 Å². The van der Waals surface area contributed by atoms with Crippen LogP contribution in [0.3, 0.4) is 0 Å². The molecule has 0 radical (unpaired) electrons. The molecule has 0 aliphatic carbocycles. The Hall–Kier alpha value is -0.930. The minimum atomic E-state index is 0.345. The second-order valence-electron chi connectivity index (χ2n) is 5.97. The Morgan fingerprint density at radius 2 is 2.12 bits per heavy atom. The van der Waals surface area contributed by atoms with E-state index in [0.717, 1.165) is 26.2 Å². The topological polar surface area (TPSA) is 28.2 Å². The number of nitrogens with zero attached hydrogens (tertiary/aromatic N) is 2. The Balaban J connectivity index is 2.03. The maximum absolute atomic E-state index is 4.07. The lowest BCUT2D eigenvalue weighted by Gasteiger charge is -2.29. The Morgan fingerprint density at radius 1 is 1.41 bits per heavy atom. The summed E-state index contributed by atoms with van der Waals surface area (Å²) in [5.74, 6) is 0. The van der Waals surface area contributed by atoms with E-state index in [4.69, 9.17) is 0 Å². The van der Waals surface area contributed by atoms with Gasteiger partial charge in [-0.3, -0.25) is 9.88 Å². The lowest BCUT2D eigenvalue weighted by atomic mass is 9.93. The average Bonchev–Trinajstić information content (AvgIpc) is 2.39. The molecule has 0 bridgehead atoms. The van der Waals surface area contributed by atoms with Crippen molar-refractivity contribution in [2.75, 3.05) is 19.6 Å². The van der Waals surface area contributed by atoms with Gasteiger partial charge in [0.2, 0.25) is 0 Å². The summed E-state index contributed by atoms with van der Waals surface area (Å²) in [4.78, 5) is 6.61. The molecule has 3 nitrogen and oxygen atoms in total. The van der Waals surface area contributed by atoms with E-state index in [1.54, 1.807) is 0 Å². The van der Waals surface area contributed by atoms with Gasteiger partial charge >= 0.3 is 0 Å². The van der Waals surface area contributed by atoms with Crippen LogP contribution in [0, 0.1) is 5.41 Å². The van der Waals surface area contributed by atoms with Crippen LogP contribution in [0.4, 0.5) is 0 Å². The van der Waals surface area contributed by atoms with Gasteiger partial charge in [0, 0.05) is 44.6 Å². The molecule has 0 amide bonds. The largest absolute Gasteiger partial charge is 0.312 e. The van der Waals surface area contributed by atoms with Gasteiger partial charge in [-0.15, -0.1) is 0 Å². The molecule has 0 spiro atoms. The van der Waals surface area contributed by atoms with Crippen molar-refractivity contribution in [2.24, 2.45) is 5.41 Å². The Kier molecular flexibility index (Phi) is 3.79. The molecule has 3 heteroatoms. The highest BCUT2D eigenvalue weighted by Gasteiger charge is 2.26. The van der Waals surface area contributed by atoms with Gasteiger partial charge in [0.15, 0.2) is 0 Å². The molecule has 1 unspecified atom stereocenters. The SMILES string of the molecule is CC1CN(Cc2ccncc2)CC(C)(C)CN1. The third-order valence-electron chi connectivity index (χ3n) is 3.27. The van der Waals surface area contributed by atoms with E-state index in [-0.39, 0.29) is 0 Å². The molecule has 1 saturated heterocycles. The Morgan fingerprint density at radius 3 is 2.82 bits per heavy atom. The van der Waals surface area contributed by atoms with Crippen molar-refractivity contribution in [3.63, 3.8) is 0 Å². The van der Waals surface area contributed by atoms with Gasteiger partial charge in [0.05, 0.1) is 0 Å². The summed E-state index contributed by atoms with van der Waals surface area (Å²) >= 11 is 0. The number of nitrogens with one attached hydrogen (secondary N) is 1. The summed E-state index contributed by atoms with van der Waals surface area (Å²) in [7, 11) is 0. The van der Waals surface area contributed by atoms with Gasteiger partial charge in [-0.2, -0.15) is 0 Å². The smallest absolute Gasteiger partial charge is 0.0271 e. The van der Waals surface area contributed by atoms with Crippen molar-refractivity contribution in [1.82, 2.24) is 15.2 Å². The molecule has 1 aromatic rings. The van der Waals surface area contributed by atoms with Gasteiger partial charge in [0.1, 0.15) is 0 Å². The first kappa shape index (κ1) is 12.5. The van der Waals surface area contributed by atoms with Gasteiger partial charge < -0.3 is 5.32 Å². The highest BCUT2D eigenvalue weighted by Crippen LogP contribution is 2.20. The summed E-state index contributed by atoms with van der Waals surface area (Å²) < 4.78 is 0. The molecule has 1 N–H and O–H groups in total. The van der Waals surface area contributed by atoms with Crippen molar-refractivity contribution >= 4 is 0 Å². The second-order valence-corrected chi connectivity index (χ2v) is 5.97. The number of aromatic nitrogens is 1. The van der Waals surface area contributed by atoms with Gasteiger partial charge in [-0.1, -0.05) is 13.8 Å². The van der Waals surface area contributed by atoms with Crippen molar-refractivity contribution in [3.8, 4) is 0 Å². The Bertz CT molecular complexity index is 348. The summed E-state index contributed by atoms with van der Waals surface area (Å²) in [6.07, 6.45) is 3.75. The molecule has 2 rings (SSSR count). The summed E-state index contributed by atoms with van der Waals surface area (Å²) in [5, 5.41) is 3.60. The first-order valence-corrected chi connectivity index (χ1v) is 6.40. The molecule has 17 heavy (non-hydrogen) atoms. The molecule has 1 aliphatic heterocycles. The highest BCUT2D eigenvalue weighted by molar-refractivity contribution is 5.09. The van der Waals surface area contributed by atoms with E-state index in [1.165, 1.54) is 5.56 Å². The lowest BCUT2D eigenvalue weighted by Crippen LogP contribution is -2.35. The monoisotopic (exact) mass is 233 g/mol. The maximum Gasteiger partial charge on any atom is 0.0271 e. The number of hydrogen-bond acceptors (Lipinski definition) is 3. The molecular weight excluding hydrogens is 210 g/mol. The van der Waals surface area contributed by atoms with E-state index in [9.17, 15) is 0 Å². The van der Waals surface area contributed by atoms with Gasteiger partial charge in [0.25, 0.3) is 0 Å². The fourth-order valence-corrected chi connectivity index (χ4v) is 2.49. The highest BCUT2D eigenvalue weighted by atomic mass is 15.2.